The topological polar surface area (TPSA) is 131 Å². The van der Waals surface area contributed by atoms with Crippen LogP contribution < -0.4 is 15.6 Å². The molecule has 2 aromatic carbocycles. The zero-order valence-corrected chi connectivity index (χ0v) is 19.3. The Bertz CT molecular complexity index is 1330. The van der Waals surface area contributed by atoms with Gasteiger partial charge in [-0.15, -0.1) is 0 Å². The van der Waals surface area contributed by atoms with Crippen LogP contribution in [0.25, 0.3) is 11.4 Å². The van der Waals surface area contributed by atoms with E-state index < -0.39 is 15.9 Å². The Labute approximate surface area is 196 Å². The maximum Gasteiger partial charge on any atom is 0.262 e. The minimum Gasteiger partial charge on any atom is -0.484 e. The first-order valence-electron chi connectivity index (χ1n) is 10.6. The van der Waals surface area contributed by atoms with E-state index in [0.717, 1.165) is 0 Å². The lowest BCUT2D eigenvalue weighted by Crippen LogP contribution is -2.40. The summed E-state index contributed by atoms with van der Waals surface area (Å²) in [5, 5.41) is 2.73. The monoisotopic (exact) mass is 484 g/mol. The van der Waals surface area contributed by atoms with E-state index in [-0.39, 0.29) is 17.1 Å². The van der Waals surface area contributed by atoms with Gasteiger partial charge in [0.15, 0.2) is 6.61 Å². The largest absolute Gasteiger partial charge is 0.484 e. The number of anilines is 1. The second-order valence-electron chi connectivity index (χ2n) is 7.64. The molecule has 34 heavy (non-hydrogen) atoms. The van der Waals surface area contributed by atoms with E-state index in [0.29, 0.717) is 54.8 Å². The van der Waals surface area contributed by atoms with Gasteiger partial charge in [-0.05, 0) is 43.3 Å². The van der Waals surface area contributed by atoms with Gasteiger partial charge in [-0.25, -0.2) is 13.4 Å². The van der Waals surface area contributed by atoms with Crippen LogP contribution in [0.15, 0.2) is 64.3 Å². The molecular formula is C23H24N4O6S. The lowest BCUT2D eigenvalue weighted by molar-refractivity contribution is -0.118. The number of benzene rings is 2. The Hall–Kier alpha value is -3.54. The Morgan fingerprint density at radius 1 is 1.15 bits per heavy atom. The highest BCUT2D eigenvalue weighted by molar-refractivity contribution is 7.89. The lowest BCUT2D eigenvalue weighted by atomic mass is 10.2. The van der Waals surface area contributed by atoms with Gasteiger partial charge in [0, 0.05) is 36.1 Å². The van der Waals surface area contributed by atoms with Gasteiger partial charge in [0.1, 0.15) is 11.6 Å². The van der Waals surface area contributed by atoms with Crippen LogP contribution in [-0.2, 0) is 19.6 Å². The third-order valence-electron chi connectivity index (χ3n) is 5.09. The number of sulfonamides is 1. The number of H-pyrrole nitrogens is 1. The Kier molecular flexibility index (Phi) is 7.06. The molecule has 1 amide bonds. The first-order chi connectivity index (χ1) is 16.3. The zero-order valence-electron chi connectivity index (χ0n) is 18.5. The molecule has 11 heteroatoms. The highest BCUT2D eigenvalue weighted by atomic mass is 32.2. The highest BCUT2D eigenvalue weighted by Gasteiger charge is 2.26. The summed E-state index contributed by atoms with van der Waals surface area (Å²) >= 11 is 0. The first kappa shape index (κ1) is 23.6. The van der Waals surface area contributed by atoms with Crippen molar-refractivity contribution in [1.29, 1.82) is 0 Å². The van der Waals surface area contributed by atoms with Crippen LogP contribution in [0.3, 0.4) is 0 Å². The molecule has 1 aliphatic rings. The molecule has 0 saturated carbocycles. The van der Waals surface area contributed by atoms with Crippen molar-refractivity contribution in [2.24, 2.45) is 0 Å². The predicted molar refractivity (Wildman–Crippen MR) is 125 cm³/mol. The number of ether oxygens (including phenoxy) is 2. The van der Waals surface area contributed by atoms with Crippen molar-refractivity contribution in [1.82, 2.24) is 14.3 Å². The SMILES string of the molecule is Cc1cc(=O)[nH]c(-c2cccc(NC(=O)COc3ccc(S(=O)(=O)N4CCOCC4)cc3)c2)n1. The molecule has 0 spiro atoms. The number of rotatable bonds is 7. The van der Waals surface area contributed by atoms with Gasteiger partial charge in [0.25, 0.3) is 11.5 Å². The molecule has 178 valence electrons. The standard InChI is InChI=1S/C23H24N4O6S/c1-16-13-21(28)26-23(24-16)17-3-2-4-18(14-17)25-22(29)15-33-19-5-7-20(8-6-19)34(30,31)27-9-11-32-12-10-27/h2-8,13-14H,9-12,15H2,1H3,(H,25,29)(H,24,26,28). The third-order valence-corrected chi connectivity index (χ3v) is 7.00. The van der Waals surface area contributed by atoms with Gasteiger partial charge in [-0.3, -0.25) is 9.59 Å². The molecule has 1 aromatic heterocycles. The Morgan fingerprint density at radius 2 is 1.88 bits per heavy atom. The van der Waals surface area contributed by atoms with E-state index in [9.17, 15) is 18.0 Å². The number of hydrogen-bond donors (Lipinski definition) is 2. The molecule has 2 N–H and O–H groups in total. The third kappa shape index (κ3) is 5.68. The molecule has 0 radical (unpaired) electrons. The second-order valence-corrected chi connectivity index (χ2v) is 9.58. The average molecular weight is 485 g/mol. The number of amides is 1. The van der Waals surface area contributed by atoms with Crippen molar-refractivity contribution < 1.29 is 22.7 Å². The fourth-order valence-corrected chi connectivity index (χ4v) is 4.86. The zero-order chi connectivity index (χ0) is 24.1. The van der Waals surface area contributed by atoms with E-state index in [1.165, 1.54) is 34.6 Å². The van der Waals surface area contributed by atoms with Gasteiger partial charge in [0.05, 0.1) is 18.1 Å². The highest BCUT2D eigenvalue weighted by Crippen LogP contribution is 2.21. The quantitative estimate of drug-likeness (QED) is 0.523. The van der Waals surface area contributed by atoms with Crippen molar-refractivity contribution in [3.8, 4) is 17.1 Å². The molecule has 1 saturated heterocycles. The minimum atomic E-state index is -3.59. The number of aryl methyl sites for hydroxylation is 1. The van der Waals surface area contributed by atoms with E-state index in [2.05, 4.69) is 15.3 Å². The van der Waals surface area contributed by atoms with Crippen LogP contribution in [0, 0.1) is 6.92 Å². The molecule has 0 unspecified atom stereocenters. The molecule has 10 nitrogen and oxygen atoms in total. The van der Waals surface area contributed by atoms with Gasteiger partial charge >= 0.3 is 0 Å². The number of nitrogens with zero attached hydrogens (tertiary/aromatic N) is 2. The maximum absolute atomic E-state index is 12.7. The van der Waals surface area contributed by atoms with Crippen molar-refractivity contribution in [2.75, 3.05) is 38.2 Å². The molecule has 4 rings (SSSR count). The minimum absolute atomic E-state index is 0.158. The number of aromatic nitrogens is 2. The van der Waals surface area contributed by atoms with Crippen molar-refractivity contribution >= 4 is 21.6 Å². The van der Waals surface area contributed by atoms with Crippen molar-refractivity contribution in [3.05, 3.63) is 70.6 Å². The summed E-state index contributed by atoms with van der Waals surface area (Å²) in [4.78, 5) is 31.2. The van der Waals surface area contributed by atoms with Crippen molar-refractivity contribution in [3.63, 3.8) is 0 Å². The predicted octanol–water partition coefficient (Wildman–Crippen LogP) is 1.78. The fraction of sp³-hybridized carbons (Fsp3) is 0.261. The van der Waals surface area contributed by atoms with Crippen LogP contribution >= 0.6 is 0 Å². The molecular weight excluding hydrogens is 460 g/mol. The Balaban J connectivity index is 1.36. The number of nitrogens with one attached hydrogen (secondary N) is 2. The smallest absolute Gasteiger partial charge is 0.262 e. The summed E-state index contributed by atoms with van der Waals surface area (Å²) < 4.78 is 37.4. The van der Waals surface area contributed by atoms with Crippen LogP contribution in [0.5, 0.6) is 5.75 Å². The summed E-state index contributed by atoms with van der Waals surface area (Å²) in [5.41, 5.74) is 1.50. The van der Waals surface area contributed by atoms with Crippen LogP contribution in [0.1, 0.15) is 5.69 Å². The van der Waals surface area contributed by atoms with E-state index in [1.807, 2.05) is 0 Å². The second kappa shape index (κ2) is 10.2. The average Bonchev–Trinajstić information content (AvgIpc) is 2.83. The number of hydrogen-bond acceptors (Lipinski definition) is 7. The summed E-state index contributed by atoms with van der Waals surface area (Å²) in [6.45, 7) is 2.84. The summed E-state index contributed by atoms with van der Waals surface area (Å²) in [5.74, 6) is 0.378. The van der Waals surface area contributed by atoms with Crippen LogP contribution in [0.4, 0.5) is 5.69 Å². The molecule has 2 heterocycles. The van der Waals surface area contributed by atoms with E-state index >= 15 is 0 Å². The number of aromatic amines is 1. The first-order valence-corrected chi connectivity index (χ1v) is 12.0. The van der Waals surface area contributed by atoms with Crippen molar-refractivity contribution in [2.45, 2.75) is 11.8 Å². The van der Waals surface area contributed by atoms with Gasteiger partial charge in [-0.2, -0.15) is 4.31 Å². The lowest BCUT2D eigenvalue weighted by Gasteiger charge is -2.26. The van der Waals surface area contributed by atoms with E-state index in [1.54, 1.807) is 31.2 Å². The normalized spacial score (nSPS) is 14.5. The molecule has 0 aliphatic carbocycles. The number of carbonyl (C=O) groups is 1. The molecule has 1 aliphatic heterocycles. The van der Waals surface area contributed by atoms with E-state index in [4.69, 9.17) is 9.47 Å². The van der Waals surface area contributed by atoms with Gasteiger partial charge in [-0.1, -0.05) is 12.1 Å². The fourth-order valence-electron chi connectivity index (χ4n) is 3.45. The molecule has 1 fully saturated rings. The van der Waals surface area contributed by atoms with Gasteiger partial charge in [0.2, 0.25) is 10.0 Å². The molecule has 0 bridgehead atoms. The summed E-state index contributed by atoms with van der Waals surface area (Å²) in [6.07, 6.45) is 0. The van der Waals surface area contributed by atoms with Crippen LogP contribution in [-0.4, -0.2) is 61.5 Å². The number of carbonyl (C=O) groups excluding carboxylic acids is 1. The molecule has 3 aromatic rings. The summed E-state index contributed by atoms with van der Waals surface area (Å²) in [6, 6.07) is 14.3. The maximum atomic E-state index is 12.7. The summed E-state index contributed by atoms with van der Waals surface area (Å²) in [7, 11) is -3.59. The Morgan fingerprint density at radius 3 is 2.59 bits per heavy atom. The van der Waals surface area contributed by atoms with Crippen LogP contribution in [0.2, 0.25) is 0 Å². The molecule has 0 atom stereocenters. The van der Waals surface area contributed by atoms with Gasteiger partial charge < -0.3 is 19.8 Å². The number of morpholine rings is 1.